The van der Waals surface area contributed by atoms with E-state index in [4.69, 9.17) is 9.97 Å². The van der Waals surface area contributed by atoms with Crippen LogP contribution in [-0.2, 0) is 0 Å². The van der Waals surface area contributed by atoms with Crippen LogP contribution in [0.3, 0.4) is 0 Å². The van der Waals surface area contributed by atoms with Crippen LogP contribution in [0.15, 0.2) is 41.8 Å². The first-order valence-electron chi connectivity index (χ1n) is 12.9. The smallest absolute Gasteiger partial charge is 0.323 e. The minimum Gasteiger partial charge on any atom is -0.356 e. The van der Waals surface area contributed by atoms with Gasteiger partial charge in [0.05, 0.1) is 5.69 Å². The fourth-order valence-corrected chi connectivity index (χ4v) is 5.83. The molecule has 0 unspecified atom stereocenters. The number of nitrogens with zero attached hydrogens (tertiary/aromatic N) is 7. The first kappa shape index (κ1) is 23.0. The number of anilines is 4. The molecule has 0 bridgehead atoms. The van der Waals surface area contributed by atoms with Crippen molar-refractivity contribution in [2.24, 2.45) is 0 Å². The number of benzene rings is 1. The molecule has 6 rings (SSSR count). The summed E-state index contributed by atoms with van der Waals surface area (Å²) in [6.45, 7) is 6.92. The van der Waals surface area contributed by atoms with Gasteiger partial charge in [0.25, 0.3) is 0 Å². The second-order valence-electron chi connectivity index (χ2n) is 9.58. The van der Waals surface area contributed by atoms with Gasteiger partial charge in [0.1, 0.15) is 11.6 Å². The third kappa shape index (κ3) is 4.95. The highest BCUT2D eigenvalue weighted by Crippen LogP contribution is 2.28. The van der Waals surface area contributed by atoms with Crippen LogP contribution in [0.25, 0.3) is 11.3 Å². The summed E-state index contributed by atoms with van der Waals surface area (Å²) in [7, 11) is 0. The van der Waals surface area contributed by atoms with Crippen molar-refractivity contribution in [2.45, 2.75) is 25.7 Å². The summed E-state index contributed by atoms with van der Waals surface area (Å²) in [4.78, 5) is 36.3. The van der Waals surface area contributed by atoms with E-state index in [-0.39, 0.29) is 6.03 Å². The van der Waals surface area contributed by atoms with E-state index in [9.17, 15) is 4.79 Å². The minimum absolute atomic E-state index is 0.104. The van der Waals surface area contributed by atoms with E-state index in [1.807, 2.05) is 40.6 Å². The largest absolute Gasteiger partial charge is 0.356 e. The van der Waals surface area contributed by atoms with Crippen molar-refractivity contribution in [3.63, 3.8) is 0 Å². The third-order valence-electron chi connectivity index (χ3n) is 7.18. The van der Waals surface area contributed by atoms with E-state index >= 15 is 0 Å². The van der Waals surface area contributed by atoms with Gasteiger partial charge in [0.15, 0.2) is 5.13 Å². The standard InChI is InChI=1S/C26H32N8OS/c35-26(30-25-27-21(19-36-25)20-8-2-1-3-9-20)34-16-14-33(15-17-34)24-28-22(31-10-4-5-11-31)18-23(29-24)32-12-6-7-13-32/h1-3,8-9,18-19H,4-7,10-17H2,(H,27,30,35). The zero-order chi connectivity index (χ0) is 24.3. The van der Waals surface area contributed by atoms with Crippen LogP contribution in [0.2, 0.25) is 0 Å². The first-order chi connectivity index (χ1) is 17.7. The number of hydrogen-bond acceptors (Lipinski definition) is 8. The number of hydrogen-bond donors (Lipinski definition) is 1. The molecule has 3 aliphatic heterocycles. The van der Waals surface area contributed by atoms with Gasteiger partial charge in [0.2, 0.25) is 5.95 Å². The van der Waals surface area contributed by atoms with Crippen molar-refractivity contribution in [1.82, 2.24) is 19.9 Å². The summed E-state index contributed by atoms with van der Waals surface area (Å²) < 4.78 is 0. The Hall–Kier alpha value is -3.40. The average molecular weight is 505 g/mol. The van der Waals surface area contributed by atoms with Gasteiger partial charge in [-0.3, -0.25) is 5.32 Å². The zero-order valence-corrected chi connectivity index (χ0v) is 21.3. The Morgan fingerprint density at radius 2 is 1.36 bits per heavy atom. The Morgan fingerprint density at radius 3 is 1.97 bits per heavy atom. The first-order valence-corrected chi connectivity index (χ1v) is 13.8. The Labute approximate surface area is 215 Å². The lowest BCUT2D eigenvalue weighted by molar-refractivity contribution is 0.208. The molecule has 36 heavy (non-hydrogen) atoms. The van der Waals surface area contributed by atoms with Crippen LogP contribution in [0.5, 0.6) is 0 Å². The molecule has 188 valence electrons. The molecule has 5 heterocycles. The SMILES string of the molecule is O=C(Nc1nc(-c2ccccc2)cs1)N1CCN(c2nc(N3CCCC3)cc(N3CCCC3)n2)CC1. The lowest BCUT2D eigenvalue weighted by Gasteiger charge is -2.35. The molecule has 0 aliphatic carbocycles. The molecule has 9 nitrogen and oxygen atoms in total. The van der Waals surface area contributed by atoms with E-state index in [0.29, 0.717) is 31.3 Å². The number of amides is 2. The Morgan fingerprint density at radius 1 is 0.750 bits per heavy atom. The van der Waals surface area contributed by atoms with Crippen molar-refractivity contribution in [3.05, 3.63) is 41.8 Å². The van der Waals surface area contributed by atoms with E-state index < -0.39 is 0 Å². The summed E-state index contributed by atoms with van der Waals surface area (Å²) in [5, 5.41) is 5.58. The van der Waals surface area contributed by atoms with Crippen molar-refractivity contribution in [3.8, 4) is 11.3 Å². The van der Waals surface area contributed by atoms with E-state index in [2.05, 4.69) is 31.1 Å². The summed E-state index contributed by atoms with van der Waals surface area (Å²) in [5.41, 5.74) is 1.93. The lowest BCUT2D eigenvalue weighted by Crippen LogP contribution is -2.50. The molecule has 2 aromatic heterocycles. The number of aromatic nitrogens is 3. The predicted molar refractivity (Wildman–Crippen MR) is 145 cm³/mol. The normalized spacial score (nSPS) is 18.2. The van der Waals surface area contributed by atoms with Crippen LogP contribution < -0.4 is 20.0 Å². The van der Waals surface area contributed by atoms with Crippen LogP contribution in [-0.4, -0.2) is 78.2 Å². The molecule has 3 aromatic rings. The molecule has 3 fully saturated rings. The molecular weight excluding hydrogens is 472 g/mol. The molecule has 1 aromatic carbocycles. The highest BCUT2D eigenvalue weighted by atomic mass is 32.1. The average Bonchev–Trinajstić information content (AvgIpc) is 3.72. The topological polar surface area (TPSA) is 80.7 Å². The summed E-state index contributed by atoms with van der Waals surface area (Å²) in [5.74, 6) is 2.86. The van der Waals surface area contributed by atoms with Crippen LogP contribution in [0.4, 0.5) is 27.5 Å². The number of carbonyl (C=O) groups is 1. The van der Waals surface area contributed by atoms with Crippen LogP contribution >= 0.6 is 11.3 Å². The maximum Gasteiger partial charge on any atom is 0.323 e. The number of nitrogens with one attached hydrogen (secondary N) is 1. The summed E-state index contributed by atoms with van der Waals surface area (Å²) in [6.07, 6.45) is 4.88. The number of rotatable bonds is 5. The second-order valence-corrected chi connectivity index (χ2v) is 10.4. The van der Waals surface area contributed by atoms with E-state index in [0.717, 1.165) is 55.0 Å². The van der Waals surface area contributed by atoms with Gasteiger partial charge in [-0.2, -0.15) is 9.97 Å². The summed E-state index contributed by atoms with van der Waals surface area (Å²) in [6, 6.07) is 12.1. The van der Waals surface area contributed by atoms with Gasteiger partial charge in [-0.05, 0) is 25.7 Å². The van der Waals surface area contributed by atoms with Crippen LogP contribution in [0, 0.1) is 0 Å². The molecule has 0 atom stereocenters. The summed E-state index contributed by atoms with van der Waals surface area (Å²) >= 11 is 1.45. The fourth-order valence-electron chi connectivity index (χ4n) is 5.12. The van der Waals surface area contributed by atoms with E-state index in [1.54, 1.807) is 0 Å². The lowest BCUT2D eigenvalue weighted by atomic mass is 10.2. The molecule has 0 radical (unpaired) electrons. The maximum atomic E-state index is 12.9. The fraction of sp³-hybridized carbons (Fsp3) is 0.462. The Kier molecular flexibility index (Phi) is 6.59. The molecule has 3 aliphatic rings. The number of piperazine rings is 1. The number of carbonyl (C=O) groups excluding carboxylic acids is 1. The number of thiazole rings is 1. The van der Waals surface area contributed by atoms with Crippen LogP contribution in [0.1, 0.15) is 25.7 Å². The maximum absolute atomic E-state index is 12.9. The Balaban J connectivity index is 1.11. The van der Waals surface area contributed by atoms with Crippen molar-refractivity contribution < 1.29 is 4.79 Å². The van der Waals surface area contributed by atoms with Gasteiger partial charge in [-0.25, -0.2) is 9.78 Å². The van der Waals surface area contributed by atoms with Crippen molar-refractivity contribution in [1.29, 1.82) is 0 Å². The molecular formula is C26H32N8OS. The van der Waals surface area contributed by atoms with Gasteiger partial charge in [-0.1, -0.05) is 30.3 Å². The molecule has 2 amide bonds. The van der Waals surface area contributed by atoms with Crippen molar-refractivity contribution >= 4 is 40.1 Å². The highest BCUT2D eigenvalue weighted by Gasteiger charge is 2.26. The quantitative estimate of drug-likeness (QED) is 0.559. The predicted octanol–water partition coefficient (Wildman–Crippen LogP) is 4.15. The zero-order valence-electron chi connectivity index (χ0n) is 20.5. The molecule has 0 saturated carbocycles. The number of urea groups is 1. The van der Waals surface area contributed by atoms with Gasteiger partial charge in [0, 0.05) is 69.4 Å². The monoisotopic (exact) mass is 504 g/mol. The van der Waals surface area contributed by atoms with Crippen molar-refractivity contribution in [2.75, 3.05) is 72.4 Å². The third-order valence-corrected chi connectivity index (χ3v) is 7.94. The second kappa shape index (κ2) is 10.3. The van der Waals surface area contributed by atoms with E-state index in [1.165, 1.54) is 37.0 Å². The molecule has 0 spiro atoms. The molecule has 10 heteroatoms. The van der Waals surface area contributed by atoms with Gasteiger partial charge < -0.3 is 19.6 Å². The molecule has 1 N–H and O–H groups in total. The molecule has 3 saturated heterocycles. The highest BCUT2D eigenvalue weighted by molar-refractivity contribution is 7.14. The Bertz CT molecular complexity index is 1150. The van der Waals surface area contributed by atoms with Gasteiger partial charge >= 0.3 is 6.03 Å². The minimum atomic E-state index is -0.104. The van der Waals surface area contributed by atoms with Gasteiger partial charge in [-0.15, -0.1) is 11.3 Å².